The number of rotatable bonds is 1. The lowest BCUT2D eigenvalue weighted by Crippen LogP contribution is -2.47. The highest BCUT2D eigenvalue weighted by Gasteiger charge is 2.39. The summed E-state index contributed by atoms with van der Waals surface area (Å²) in [6.45, 7) is 0. The first-order valence-electron chi connectivity index (χ1n) is 6.03. The third-order valence-corrected chi connectivity index (χ3v) is 3.88. The van der Waals surface area contributed by atoms with Gasteiger partial charge in [-0.1, -0.05) is 6.07 Å². The van der Waals surface area contributed by atoms with Gasteiger partial charge in [0.2, 0.25) is 0 Å². The van der Waals surface area contributed by atoms with Crippen molar-refractivity contribution < 1.29 is 4.39 Å². The number of hydrogen-bond acceptors (Lipinski definition) is 2. The summed E-state index contributed by atoms with van der Waals surface area (Å²) >= 11 is 0. The molecule has 3 heteroatoms. The number of fused-ring (bicyclic) bond motifs is 2. The molecule has 2 aliphatic rings. The number of anilines is 1. The van der Waals surface area contributed by atoms with Gasteiger partial charge in [0.15, 0.2) is 0 Å². The van der Waals surface area contributed by atoms with E-state index >= 15 is 0 Å². The van der Waals surface area contributed by atoms with Gasteiger partial charge in [0, 0.05) is 23.8 Å². The molecule has 0 aliphatic carbocycles. The van der Waals surface area contributed by atoms with Gasteiger partial charge in [-0.15, -0.1) is 0 Å². The molecule has 1 aromatic carbocycles. The Hall–Kier alpha value is -1.09. The minimum absolute atomic E-state index is 0.147. The standard InChI is InChI=1S/C13H17FN2/c14-9-2-1-3-11(6-9)16-12-4-5-13(16)8-10(15)7-12/h1-3,6,10,12-13H,4-5,7-8,15H2. The molecular formula is C13H17FN2. The quantitative estimate of drug-likeness (QED) is 0.786. The second-order valence-electron chi connectivity index (χ2n) is 5.00. The molecule has 2 fully saturated rings. The number of nitrogens with zero attached hydrogens (tertiary/aromatic N) is 1. The molecule has 2 unspecified atom stereocenters. The molecule has 0 amide bonds. The predicted octanol–water partition coefficient (Wildman–Crippen LogP) is 2.28. The molecule has 2 bridgehead atoms. The Labute approximate surface area is 95.2 Å². The molecule has 2 aliphatic heterocycles. The first-order chi connectivity index (χ1) is 7.74. The zero-order valence-corrected chi connectivity index (χ0v) is 9.27. The van der Waals surface area contributed by atoms with Crippen molar-refractivity contribution in [1.82, 2.24) is 0 Å². The fourth-order valence-corrected chi connectivity index (χ4v) is 3.28. The highest BCUT2D eigenvalue weighted by atomic mass is 19.1. The van der Waals surface area contributed by atoms with Gasteiger partial charge in [0.05, 0.1) is 0 Å². The van der Waals surface area contributed by atoms with Crippen LogP contribution in [0.4, 0.5) is 10.1 Å². The van der Waals surface area contributed by atoms with Crippen molar-refractivity contribution in [1.29, 1.82) is 0 Å². The molecule has 0 aromatic heterocycles. The molecule has 2 atom stereocenters. The lowest BCUT2D eigenvalue weighted by atomic mass is 9.97. The van der Waals surface area contributed by atoms with Crippen molar-refractivity contribution in [3.8, 4) is 0 Å². The molecule has 1 aromatic rings. The minimum atomic E-state index is -0.147. The zero-order valence-electron chi connectivity index (χ0n) is 9.27. The van der Waals surface area contributed by atoms with E-state index in [1.807, 2.05) is 6.07 Å². The number of piperidine rings is 1. The average Bonchev–Trinajstić information content (AvgIpc) is 2.51. The van der Waals surface area contributed by atoms with Crippen LogP contribution in [0.2, 0.25) is 0 Å². The fraction of sp³-hybridized carbons (Fsp3) is 0.538. The van der Waals surface area contributed by atoms with Crippen molar-refractivity contribution in [2.45, 2.75) is 43.8 Å². The van der Waals surface area contributed by atoms with Crippen LogP contribution in [0.1, 0.15) is 25.7 Å². The number of nitrogens with two attached hydrogens (primary N) is 1. The van der Waals surface area contributed by atoms with Crippen LogP contribution in [-0.2, 0) is 0 Å². The number of hydrogen-bond donors (Lipinski definition) is 1. The van der Waals surface area contributed by atoms with Crippen LogP contribution < -0.4 is 10.6 Å². The number of halogens is 1. The highest BCUT2D eigenvalue weighted by Crippen LogP contribution is 2.38. The summed E-state index contributed by atoms with van der Waals surface area (Å²) in [6, 6.07) is 8.32. The molecule has 3 rings (SSSR count). The topological polar surface area (TPSA) is 29.3 Å². The zero-order chi connectivity index (χ0) is 11.1. The lowest BCUT2D eigenvalue weighted by molar-refractivity contribution is 0.414. The second-order valence-corrected chi connectivity index (χ2v) is 5.00. The van der Waals surface area contributed by atoms with E-state index in [4.69, 9.17) is 5.73 Å². The maximum absolute atomic E-state index is 13.2. The summed E-state index contributed by atoms with van der Waals surface area (Å²) in [6.07, 6.45) is 4.50. The van der Waals surface area contributed by atoms with Crippen LogP contribution in [0.25, 0.3) is 0 Å². The van der Waals surface area contributed by atoms with E-state index in [1.54, 1.807) is 12.1 Å². The van der Waals surface area contributed by atoms with E-state index in [1.165, 1.54) is 18.9 Å². The smallest absolute Gasteiger partial charge is 0.125 e. The van der Waals surface area contributed by atoms with E-state index in [2.05, 4.69) is 4.90 Å². The molecule has 86 valence electrons. The molecule has 2 saturated heterocycles. The maximum atomic E-state index is 13.2. The molecule has 0 saturated carbocycles. The third kappa shape index (κ3) is 1.59. The van der Waals surface area contributed by atoms with Crippen molar-refractivity contribution in [3.63, 3.8) is 0 Å². The van der Waals surface area contributed by atoms with Crippen LogP contribution in [0.15, 0.2) is 24.3 Å². The average molecular weight is 220 g/mol. The number of benzene rings is 1. The largest absolute Gasteiger partial charge is 0.365 e. The third-order valence-electron chi connectivity index (χ3n) is 3.88. The van der Waals surface area contributed by atoms with Crippen LogP contribution in [0.3, 0.4) is 0 Å². The summed E-state index contributed by atoms with van der Waals surface area (Å²) in [5, 5.41) is 0. The minimum Gasteiger partial charge on any atom is -0.365 e. The van der Waals surface area contributed by atoms with Crippen LogP contribution in [-0.4, -0.2) is 18.1 Å². The van der Waals surface area contributed by atoms with Crippen molar-refractivity contribution in [2.24, 2.45) is 5.73 Å². The predicted molar refractivity (Wildman–Crippen MR) is 62.9 cm³/mol. The van der Waals surface area contributed by atoms with Gasteiger partial charge >= 0.3 is 0 Å². The first kappa shape index (κ1) is 10.1. The van der Waals surface area contributed by atoms with E-state index in [0.717, 1.165) is 18.5 Å². The van der Waals surface area contributed by atoms with E-state index < -0.39 is 0 Å². The Morgan fingerprint density at radius 1 is 1.19 bits per heavy atom. The molecule has 2 heterocycles. The van der Waals surface area contributed by atoms with Crippen LogP contribution in [0, 0.1) is 5.82 Å². The molecule has 16 heavy (non-hydrogen) atoms. The Kier molecular flexibility index (Phi) is 2.36. The summed E-state index contributed by atoms with van der Waals surface area (Å²) in [7, 11) is 0. The molecule has 2 N–H and O–H groups in total. The van der Waals surface area contributed by atoms with E-state index in [-0.39, 0.29) is 5.82 Å². The van der Waals surface area contributed by atoms with Gasteiger partial charge in [0.1, 0.15) is 5.82 Å². The molecular weight excluding hydrogens is 203 g/mol. The van der Waals surface area contributed by atoms with E-state index in [9.17, 15) is 4.39 Å². The first-order valence-corrected chi connectivity index (χ1v) is 6.03. The summed E-state index contributed by atoms with van der Waals surface area (Å²) in [5.41, 5.74) is 7.05. The van der Waals surface area contributed by atoms with Gasteiger partial charge in [-0.3, -0.25) is 0 Å². The Bertz CT molecular complexity index is 379. The fourth-order valence-electron chi connectivity index (χ4n) is 3.28. The molecule has 0 radical (unpaired) electrons. The van der Waals surface area contributed by atoms with Gasteiger partial charge in [-0.2, -0.15) is 0 Å². The van der Waals surface area contributed by atoms with E-state index in [0.29, 0.717) is 18.1 Å². The van der Waals surface area contributed by atoms with Gasteiger partial charge in [-0.25, -0.2) is 4.39 Å². The summed E-state index contributed by atoms with van der Waals surface area (Å²) in [4.78, 5) is 2.38. The van der Waals surface area contributed by atoms with Gasteiger partial charge in [-0.05, 0) is 43.9 Å². The maximum Gasteiger partial charge on any atom is 0.125 e. The van der Waals surface area contributed by atoms with Crippen molar-refractivity contribution in [3.05, 3.63) is 30.1 Å². The molecule has 2 nitrogen and oxygen atoms in total. The van der Waals surface area contributed by atoms with Crippen LogP contribution in [0.5, 0.6) is 0 Å². The monoisotopic (exact) mass is 220 g/mol. The second kappa shape index (κ2) is 3.74. The Morgan fingerprint density at radius 3 is 2.50 bits per heavy atom. The molecule has 0 spiro atoms. The van der Waals surface area contributed by atoms with Crippen molar-refractivity contribution >= 4 is 5.69 Å². The normalized spacial score (nSPS) is 33.1. The summed E-state index contributed by atoms with van der Waals surface area (Å²) < 4.78 is 13.2. The highest BCUT2D eigenvalue weighted by molar-refractivity contribution is 5.50. The SMILES string of the molecule is NC1CC2CCC(C1)N2c1cccc(F)c1. The Morgan fingerprint density at radius 2 is 1.88 bits per heavy atom. The summed E-state index contributed by atoms with van der Waals surface area (Å²) in [5.74, 6) is -0.147. The van der Waals surface area contributed by atoms with Gasteiger partial charge in [0.25, 0.3) is 0 Å². The van der Waals surface area contributed by atoms with Crippen molar-refractivity contribution in [2.75, 3.05) is 4.90 Å². The van der Waals surface area contributed by atoms with Gasteiger partial charge < -0.3 is 10.6 Å². The lowest BCUT2D eigenvalue weighted by Gasteiger charge is -2.39. The van der Waals surface area contributed by atoms with Crippen LogP contribution >= 0.6 is 0 Å². The Balaban J connectivity index is 1.91.